The number of carbonyl (C=O) groups excluding carboxylic acids is 1. The third-order valence-corrected chi connectivity index (χ3v) is 3.48. The molecule has 0 spiro atoms. The molecule has 1 aromatic carbocycles. The van der Waals surface area contributed by atoms with Gasteiger partial charge in [0.05, 0.1) is 13.2 Å². The van der Waals surface area contributed by atoms with Crippen LogP contribution in [0.1, 0.15) is 15.9 Å². The Bertz CT molecular complexity index is 504. The molecule has 100 valence electrons. The first-order chi connectivity index (χ1) is 9.33. The molecule has 1 heterocycles. The van der Waals surface area contributed by atoms with Gasteiger partial charge in [-0.2, -0.15) is 0 Å². The van der Waals surface area contributed by atoms with Gasteiger partial charge in [-0.25, -0.2) is 0 Å². The molecule has 0 aromatic heterocycles. The molecule has 3 rings (SSSR count). The van der Waals surface area contributed by atoms with Gasteiger partial charge in [-0.3, -0.25) is 9.69 Å². The molecule has 0 N–H and O–H groups in total. The van der Waals surface area contributed by atoms with E-state index in [4.69, 9.17) is 9.47 Å². The summed E-state index contributed by atoms with van der Waals surface area (Å²) in [7, 11) is 0. The Kier molecular flexibility index (Phi) is 3.62. The van der Waals surface area contributed by atoms with E-state index in [2.05, 4.69) is 4.90 Å². The van der Waals surface area contributed by atoms with Crippen molar-refractivity contribution in [1.82, 2.24) is 4.90 Å². The highest BCUT2D eigenvalue weighted by Crippen LogP contribution is 2.24. The van der Waals surface area contributed by atoms with Gasteiger partial charge in [-0.15, -0.1) is 0 Å². The number of ether oxygens (including phenoxy) is 2. The topological polar surface area (TPSA) is 38.8 Å². The second kappa shape index (κ2) is 5.55. The van der Waals surface area contributed by atoms with Crippen LogP contribution in [0.5, 0.6) is 5.75 Å². The molecule has 0 atom stereocenters. The minimum absolute atomic E-state index is 0.0635. The summed E-state index contributed by atoms with van der Waals surface area (Å²) >= 11 is 0. The largest absolute Gasteiger partial charge is 0.492 e. The van der Waals surface area contributed by atoms with Gasteiger partial charge in [0.15, 0.2) is 5.78 Å². The van der Waals surface area contributed by atoms with Crippen LogP contribution in [-0.2, 0) is 4.74 Å². The van der Waals surface area contributed by atoms with Crippen LogP contribution in [0, 0.1) is 0 Å². The van der Waals surface area contributed by atoms with Crippen LogP contribution >= 0.6 is 0 Å². The van der Waals surface area contributed by atoms with E-state index in [1.165, 1.54) is 0 Å². The fraction of sp³-hybridized carbons (Fsp3) is 0.400. The fourth-order valence-corrected chi connectivity index (χ4v) is 2.36. The number of morpholine rings is 1. The van der Waals surface area contributed by atoms with Crippen LogP contribution in [0.4, 0.5) is 0 Å². The first-order valence-corrected chi connectivity index (χ1v) is 6.62. The number of hydrogen-bond donors (Lipinski definition) is 0. The summed E-state index contributed by atoms with van der Waals surface area (Å²) in [6.07, 6.45) is 3.44. The van der Waals surface area contributed by atoms with Crippen LogP contribution in [0.25, 0.3) is 6.08 Å². The van der Waals surface area contributed by atoms with Gasteiger partial charge < -0.3 is 9.47 Å². The van der Waals surface area contributed by atoms with Crippen molar-refractivity contribution in [3.05, 3.63) is 35.4 Å². The van der Waals surface area contributed by atoms with Crippen LogP contribution in [0.15, 0.2) is 24.3 Å². The molecule has 1 aromatic rings. The number of nitrogens with zero attached hydrogens (tertiary/aromatic N) is 1. The van der Waals surface area contributed by atoms with Gasteiger partial charge in [0.1, 0.15) is 12.4 Å². The van der Waals surface area contributed by atoms with Crippen molar-refractivity contribution in [3.63, 3.8) is 0 Å². The van der Waals surface area contributed by atoms with Crippen LogP contribution in [-0.4, -0.2) is 50.1 Å². The molecular formula is C15H17NO3. The van der Waals surface area contributed by atoms with E-state index in [0.29, 0.717) is 6.61 Å². The average Bonchev–Trinajstić information content (AvgIpc) is 2.82. The zero-order chi connectivity index (χ0) is 13.1. The van der Waals surface area contributed by atoms with E-state index in [1.807, 2.05) is 24.3 Å². The Morgan fingerprint density at radius 2 is 2.05 bits per heavy atom. The first-order valence-electron chi connectivity index (χ1n) is 6.62. The quantitative estimate of drug-likeness (QED) is 0.823. The fourth-order valence-electron chi connectivity index (χ4n) is 2.36. The van der Waals surface area contributed by atoms with Gasteiger partial charge in [-0.05, 0) is 23.8 Å². The molecule has 1 saturated heterocycles. The molecule has 1 aliphatic heterocycles. The van der Waals surface area contributed by atoms with E-state index in [9.17, 15) is 4.79 Å². The minimum atomic E-state index is 0.0635. The molecule has 1 aliphatic carbocycles. The van der Waals surface area contributed by atoms with E-state index in [-0.39, 0.29) is 5.78 Å². The molecule has 0 bridgehead atoms. The summed E-state index contributed by atoms with van der Waals surface area (Å²) in [5.74, 6) is 0.831. The Hall–Kier alpha value is -1.65. The lowest BCUT2D eigenvalue weighted by Gasteiger charge is -2.26. The van der Waals surface area contributed by atoms with E-state index >= 15 is 0 Å². The second-order valence-corrected chi connectivity index (χ2v) is 4.75. The molecule has 0 radical (unpaired) electrons. The second-order valence-electron chi connectivity index (χ2n) is 4.75. The van der Waals surface area contributed by atoms with Crippen molar-refractivity contribution in [3.8, 4) is 5.75 Å². The molecule has 4 heteroatoms. The van der Waals surface area contributed by atoms with Crippen molar-refractivity contribution < 1.29 is 14.3 Å². The smallest absolute Gasteiger partial charge is 0.186 e. The summed E-state index contributed by atoms with van der Waals surface area (Å²) in [4.78, 5) is 13.9. The summed E-state index contributed by atoms with van der Waals surface area (Å²) in [6, 6.07) is 5.68. The summed E-state index contributed by atoms with van der Waals surface area (Å²) in [5.41, 5.74) is 1.72. The van der Waals surface area contributed by atoms with Crippen LogP contribution < -0.4 is 4.74 Å². The highest BCUT2D eigenvalue weighted by molar-refractivity contribution is 6.13. The Morgan fingerprint density at radius 1 is 1.21 bits per heavy atom. The Balaban J connectivity index is 1.53. The van der Waals surface area contributed by atoms with Gasteiger partial charge in [0, 0.05) is 25.2 Å². The number of ketones is 1. The van der Waals surface area contributed by atoms with Crippen molar-refractivity contribution in [1.29, 1.82) is 0 Å². The molecule has 0 saturated carbocycles. The Labute approximate surface area is 112 Å². The normalized spacial score (nSPS) is 18.6. The van der Waals surface area contributed by atoms with Crippen molar-refractivity contribution >= 4 is 11.9 Å². The predicted molar refractivity (Wildman–Crippen MR) is 72.6 cm³/mol. The van der Waals surface area contributed by atoms with Crippen LogP contribution in [0.3, 0.4) is 0 Å². The highest BCUT2D eigenvalue weighted by atomic mass is 16.5. The van der Waals surface area contributed by atoms with Gasteiger partial charge in [0.25, 0.3) is 0 Å². The van der Waals surface area contributed by atoms with E-state index in [0.717, 1.165) is 49.7 Å². The van der Waals surface area contributed by atoms with Crippen molar-refractivity contribution in [2.24, 2.45) is 0 Å². The maximum atomic E-state index is 11.6. The lowest BCUT2D eigenvalue weighted by atomic mass is 10.1. The molecule has 1 fully saturated rings. The molecule has 0 unspecified atom stereocenters. The zero-order valence-corrected chi connectivity index (χ0v) is 10.8. The number of benzene rings is 1. The number of rotatable bonds is 4. The monoisotopic (exact) mass is 259 g/mol. The Morgan fingerprint density at radius 3 is 2.89 bits per heavy atom. The minimum Gasteiger partial charge on any atom is -0.492 e. The predicted octanol–water partition coefficient (Wildman–Crippen LogP) is 1.61. The number of fused-ring (bicyclic) bond motifs is 1. The lowest BCUT2D eigenvalue weighted by Crippen LogP contribution is -2.38. The highest BCUT2D eigenvalue weighted by Gasteiger charge is 2.14. The zero-order valence-electron chi connectivity index (χ0n) is 10.8. The lowest BCUT2D eigenvalue weighted by molar-refractivity contribution is 0.0322. The SMILES string of the molecule is O=C1C=Cc2ccc(OCCN3CCOCC3)cc21. The third kappa shape index (κ3) is 2.85. The number of carbonyl (C=O) groups is 1. The summed E-state index contributed by atoms with van der Waals surface area (Å²) < 4.78 is 11.0. The first kappa shape index (κ1) is 12.4. The summed E-state index contributed by atoms with van der Waals surface area (Å²) in [5, 5.41) is 0. The van der Waals surface area contributed by atoms with Crippen molar-refractivity contribution in [2.45, 2.75) is 0 Å². The average molecular weight is 259 g/mol. The molecule has 19 heavy (non-hydrogen) atoms. The third-order valence-electron chi connectivity index (χ3n) is 3.48. The van der Waals surface area contributed by atoms with Crippen molar-refractivity contribution in [2.75, 3.05) is 39.5 Å². The molecule has 4 nitrogen and oxygen atoms in total. The number of allylic oxidation sites excluding steroid dienone is 1. The van der Waals surface area contributed by atoms with Crippen LogP contribution in [0.2, 0.25) is 0 Å². The maximum Gasteiger partial charge on any atom is 0.186 e. The molecular weight excluding hydrogens is 242 g/mol. The van der Waals surface area contributed by atoms with E-state index < -0.39 is 0 Å². The molecule has 0 amide bonds. The van der Waals surface area contributed by atoms with E-state index in [1.54, 1.807) is 6.08 Å². The summed E-state index contributed by atoms with van der Waals surface area (Å²) in [6.45, 7) is 5.08. The standard InChI is InChI=1S/C15H17NO3/c17-15-4-2-12-1-3-13(11-14(12)15)19-10-7-16-5-8-18-9-6-16/h1-4,11H,5-10H2. The van der Waals surface area contributed by atoms with Gasteiger partial charge in [0.2, 0.25) is 0 Å². The maximum absolute atomic E-state index is 11.6. The number of hydrogen-bond acceptors (Lipinski definition) is 4. The van der Waals surface area contributed by atoms with Gasteiger partial charge in [-0.1, -0.05) is 12.1 Å². The molecule has 2 aliphatic rings. The van der Waals surface area contributed by atoms with Gasteiger partial charge >= 0.3 is 0 Å².